The largest absolute Gasteiger partial charge is 0.481 e. The second-order valence-electron chi connectivity index (χ2n) is 8.75. The molecule has 0 aromatic heterocycles. The number of para-hydroxylation sites is 1. The number of carbonyl (C=O) groups excluding carboxylic acids is 1. The Bertz CT molecular complexity index is 1120. The summed E-state index contributed by atoms with van der Waals surface area (Å²) in [6.45, 7) is 4.46. The maximum Gasteiger partial charge on any atom is 0.263 e. The predicted molar refractivity (Wildman–Crippen MR) is 135 cm³/mol. The number of nitrogens with zero attached hydrogens (tertiary/aromatic N) is 2. The molecule has 36 heavy (non-hydrogen) atoms. The van der Waals surface area contributed by atoms with E-state index in [9.17, 15) is 13.6 Å². The van der Waals surface area contributed by atoms with Crippen molar-refractivity contribution in [3.63, 3.8) is 0 Å². The minimum Gasteiger partial charge on any atom is -0.481 e. The van der Waals surface area contributed by atoms with Gasteiger partial charge in [-0.2, -0.15) is 0 Å². The Morgan fingerprint density at radius 3 is 2.19 bits per heavy atom. The lowest BCUT2D eigenvalue weighted by molar-refractivity contribution is -0.140. The average molecular weight is 515 g/mol. The Labute approximate surface area is 215 Å². The molecular formula is C28H29ClF2N2O3. The van der Waals surface area contributed by atoms with E-state index in [2.05, 4.69) is 4.90 Å². The first-order valence-electron chi connectivity index (χ1n) is 11.9. The van der Waals surface area contributed by atoms with E-state index in [4.69, 9.17) is 21.1 Å². The summed E-state index contributed by atoms with van der Waals surface area (Å²) < 4.78 is 40.1. The summed E-state index contributed by atoms with van der Waals surface area (Å²) in [5.74, 6) is -0.669. The van der Waals surface area contributed by atoms with E-state index in [-0.39, 0.29) is 18.1 Å². The maximum absolute atomic E-state index is 14.1. The molecule has 1 aliphatic rings. The van der Waals surface area contributed by atoms with E-state index in [0.29, 0.717) is 43.5 Å². The van der Waals surface area contributed by atoms with Crippen molar-refractivity contribution < 1.29 is 23.0 Å². The van der Waals surface area contributed by atoms with Crippen LogP contribution in [-0.4, -0.2) is 54.5 Å². The van der Waals surface area contributed by atoms with Gasteiger partial charge in [-0.3, -0.25) is 9.69 Å². The second kappa shape index (κ2) is 12.3. The second-order valence-corrected chi connectivity index (χ2v) is 9.19. The first kappa shape index (κ1) is 26.1. The normalized spacial score (nSPS) is 15.9. The van der Waals surface area contributed by atoms with Crippen LogP contribution in [0.5, 0.6) is 5.75 Å². The van der Waals surface area contributed by atoms with Crippen LogP contribution in [0, 0.1) is 11.6 Å². The smallest absolute Gasteiger partial charge is 0.263 e. The van der Waals surface area contributed by atoms with E-state index in [1.807, 2.05) is 42.5 Å². The number of hydrogen-bond donors (Lipinski definition) is 0. The minimum absolute atomic E-state index is 0.0565. The fraction of sp³-hybridized carbons (Fsp3) is 0.321. The molecule has 1 aliphatic heterocycles. The zero-order chi connectivity index (χ0) is 25.5. The Kier molecular flexibility index (Phi) is 8.91. The van der Waals surface area contributed by atoms with Gasteiger partial charge in [0.2, 0.25) is 0 Å². The fourth-order valence-corrected chi connectivity index (χ4v) is 4.31. The summed E-state index contributed by atoms with van der Waals surface area (Å²) >= 11 is 6.05. The van der Waals surface area contributed by atoms with Gasteiger partial charge in [-0.1, -0.05) is 48.0 Å². The molecule has 1 heterocycles. The molecule has 1 amide bonds. The Morgan fingerprint density at radius 2 is 1.56 bits per heavy atom. The number of carbonyl (C=O) groups is 1. The van der Waals surface area contributed by atoms with Gasteiger partial charge >= 0.3 is 0 Å². The first-order valence-corrected chi connectivity index (χ1v) is 12.3. The lowest BCUT2D eigenvalue weighted by Crippen LogP contribution is -2.52. The highest BCUT2D eigenvalue weighted by Crippen LogP contribution is 2.25. The fourth-order valence-electron chi connectivity index (χ4n) is 4.18. The third-order valence-corrected chi connectivity index (χ3v) is 6.50. The predicted octanol–water partition coefficient (Wildman–Crippen LogP) is 5.49. The van der Waals surface area contributed by atoms with Gasteiger partial charge in [-0.15, -0.1) is 0 Å². The Morgan fingerprint density at radius 1 is 0.917 bits per heavy atom. The number of rotatable bonds is 9. The number of benzene rings is 3. The van der Waals surface area contributed by atoms with Gasteiger partial charge in [0.25, 0.3) is 5.91 Å². The van der Waals surface area contributed by atoms with Crippen LogP contribution in [0.25, 0.3) is 0 Å². The summed E-state index contributed by atoms with van der Waals surface area (Å²) in [5.41, 5.74) is 0.763. The van der Waals surface area contributed by atoms with Gasteiger partial charge < -0.3 is 14.4 Å². The van der Waals surface area contributed by atoms with Crippen molar-refractivity contribution in [3.8, 4) is 5.75 Å². The average Bonchev–Trinajstić information content (AvgIpc) is 2.89. The van der Waals surface area contributed by atoms with Gasteiger partial charge in [-0.05, 0) is 48.9 Å². The standard InChI is InChI=1S/C28H29ClF2N2O3/c1-20(36-23-6-3-2-4-7-23)28(34)33-16-14-32(15-17-33)18-27(21-10-12-22(29)13-11-21)35-19-24-25(30)8-5-9-26(24)31/h2-13,20,27H,14-19H2,1H3. The number of halogens is 3. The molecule has 0 bridgehead atoms. The van der Waals surface area contributed by atoms with Crippen LogP contribution < -0.4 is 4.74 Å². The van der Waals surface area contributed by atoms with Crippen LogP contribution in [0.4, 0.5) is 8.78 Å². The third kappa shape index (κ3) is 6.81. The molecule has 0 saturated carbocycles. The summed E-state index contributed by atoms with van der Waals surface area (Å²) in [6, 6.07) is 20.3. The van der Waals surface area contributed by atoms with E-state index < -0.39 is 23.8 Å². The molecule has 3 aromatic rings. The van der Waals surface area contributed by atoms with E-state index >= 15 is 0 Å². The molecule has 0 radical (unpaired) electrons. The van der Waals surface area contributed by atoms with E-state index in [1.165, 1.54) is 18.2 Å². The van der Waals surface area contributed by atoms with Crippen molar-refractivity contribution in [3.05, 3.63) is 101 Å². The molecule has 2 unspecified atom stereocenters. The molecule has 5 nitrogen and oxygen atoms in total. The molecule has 1 fully saturated rings. The summed E-state index contributed by atoms with van der Waals surface area (Å²) in [4.78, 5) is 16.9. The van der Waals surface area contributed by atoms with Crippen molar-refractivity contribution in [1.29, 1.82) is 0 Å². The quantitative estimate of drug-likeness (QED) is 0.379. The van der Waals surface area contributed by atoms with Crippen LogP contribution in [0.3, 0.4) is 0 Å². The molecule has 8 heteroatoms. The van der Waals surface area contributed by atoms with Crippen LogP contribution in [0.1, 0.15) is 24.2 Å². The van der Waals surface area contributed by atoms with Crippen LogP contribution in [-0.2, 0) is 16.1 Å². The lowest BCUT2D eigenvalue weighted by Gasteiger charge is -2.37. The Balaban J connectivity index is 1.36. The van der Waals surface area contributed by atoms with Gasteiger partial charge in [0.1, 0.15) is 17.4 Å². The van der Waals surface area contributed by atoms with Crippen molar-refractivity contribution >= 4 is 17.5 Å². The van der Waals surface area contributed by atoms with Gasteiger partial charge in [0.15, 0.2) is 6.10 Å². The number of piperazine rings is 1. The topological polar surface area (TPSA) is 42.0 Å². The molecule has 0 N–H and O–H groups in total. The van der Waals surface area contributed by atoms with Crippen molar-refractivity contribution in [2.75, 3.05) is 32.7 Å². The molecule has 0 aliphatic carbocycles. The molecule has 0 spiro atoms. The Hall–Kier alpha value is -3.00. The zero-order valence-electron chi connectivity index (χ0n) is 20.1. The third-order valence-electron chi connectivity index (χ3n) is 6.24. The van der Waals surface area contributed by atoms with Crippen molar-refractivity contribution in [2.24, 2.45) is 0 Å². The summed E-state index contributed by atoms with van der Waals surface area (Å²) in [5, 5.41) is 0.594. The minimum atomic E-state index is -0.635. The number of ether oxygens (including phenoxy) is 2. The van der Waals surface area contributed by atoms with Gasteiger partial charge in [0, 0.05) is 43.3 Å². The number of hydrogen-bond acceptors (Lipinski definition) is 4. The maximum atomic E-state index is 14.1. The highest BCUT2D eigenvalue weighted by Gasteiger charge is 2.28. The SMILES string of the molecule is CC(Oc1ccccc1)C(=O)N1CCN(CC(OCc2c(F)cccc2F)c2ccc(Cl)cc2)CC1. The van der Waals surface area contributed by atoms with Crippen LogP contribution >= 0.6 is 11.6 Å². The molecule has 2 atom stereocenters. The van der Waals surface area contributed by atoms with E-state index in [0.717, 1.165) is 5.56 Å². The summed E-state index contributed by atoms with van der Waals surface area (Å²) in [7, 11) is 0. The number of amides is 1. The summed E-state index contributed by atoms with van der Waals surface area (Å²) in [6.07, 6.45) is -1.01. The van der Waals surface area contributed by atoms with Crippen LogP contribution in [0.2, 0.25) is 5.02 Å². The van der Waals surface area contributed by atoms with Crippen LogP contribution in [0.15, 0.2) is 72.8 Å². The molecule has 190 valence electrons. The molecular weight excluding hydrogens is 486 g/mol. The van der Waals surface area contributed by atoms with E-state index in [1.54, 1.807) is 24.0 Å². The van der Waals surface area contributed by atoms with Crippen molar-refractivity contribution in [2.45, 2.75) is 25.7 Å². The van der Waals surface area contributed by atoms with Gasteiger partial charge in [0.05, 0.1) is 12.7 Å². The molecule has 1 saturated heterocycles. The zero-order valence-corrected chi connectivity index (χ0v) is 20.8. The van der Waals surface area contributed by atoms with Gasteiger partial charge in [-0.25, -0.2) is 8.78 Å². The lowest BCUT2D eigenvalue weighted by atomic mass is 10.1. The monoisotopic (exact) mass is 514 g/mol. The van der Waals surface area contributed by atoms with Crippen molar-refractivity contribution in [1.82, 2.24) is 9.80 Å². The highest BCUT2D eigenvalue weighted by atomic mass is 35.5. The first-order chi connectivity index (χ1) is 17.4. The highest BCUT2D eigenvalue weighted by molar-refractivity contribution is 6.30. The molecule has 4 rings (SSSR count). The molecule has 3 aromatic carbocycles.